The van der Waals surface area contributed by atoms with Crippen LogP contribution >= 0.6 is 0 Å². The lowest BCUT2D eigenvalue weighted by Crippen LogP contribution is -2.08. The highest BCUT2D eigenvalue weighted by atomic mass is 15.1. The van der Waals surface area contributed by atoms with Crippen LogP contribution in [0.4, 0.5) is 0 Å². The lowest BCUT2D eigenvalue weighted by atomic mass is 9.89. The summed E-state index contributed by atoms with van der Waals surface area (Å²) < 4.78 is 2.21. The molecule has 0 aromatic carbocycles. The van der Waals surface area contributed by atoms with Gasteiger partial charge in [0, 0.05) is 25.4 Å². The fraction of sp³-hybridized carbons (Fsp3) is 0.692. The minimum atomic E-state index is -0.178. The smallest absolute Gasteiger partial charge is 0.108 e. The number of hydrogen-bond donors (Lipinski definition) is 0. The molecule has 3 nitrogen and oxygen atoms in total. The Morgan fingerprint density at radius 3 is 2.81 bits per heavy atom. The minimum Gasteiger partial charge on any atom is -0.335 e. The quantitative estimate of drug-likeness (QED) is 0.690. The van der Waals surface area contributed by atoms with Gasteiger partial charge in [-0.15, -0.1) is 0 Å². The molecule has 0 aliphatic carbocycles. The average Bonchev–Trinajstić information content (AvgIpc) is 2.72. The van der Waals surface area contributed by atoms with Crippen LogP contribution in [0.3, 0.4) is 0 Å². The van der Waals surface area contributed by atoms with Crippen molar-refractivity contribution >= 4 is 0 Å². The van der Waals surface area contributed by atoms with E-state index in [-0.39, 0.29) is 5.41 Å². The number of imidazole rings is 1. The highest BCUT2D eigenvalue weighted by Gasteiger charge is 2.15. The van der Waals surface area contributed by atoms with Crippen LogP contribution in [0, 0.1) is 16.7 Å². The summed E-state index contributed by atoms with van der Waals surface area (Å²) in [5.41, 5.74) is -0.178. The Morgan fingerprint density at radius 1 is 1.44 bits per heavy atom. The first-order chi connectivity index (χ1) is 7.59. The zero-order valence-corrected chi connectivity index (χ0v) is 10.5. The molecule has 1 heterocycles. The van der Waals surface area contributed by atoms with Crippen LogP contribution in [0.2, 0.25) is 0 Å². The Hall–Kier alpha value is -1.30. The number of hydrogen-bond acceptors (Lipinski definition) is 2. The predicted octanol–water partition coefficient (Wildman–Crippen LogP) is 3.17. The van der Waals surface area contributed by atoms with Crippen molar-refractivity contribution < 1.29 is 0 Å². The van der Waals surface area contributed by atoms with E-state index in [1.54, 1.807) is 0 Å². The largest absolute Gasteiger partial charge is 0.335 e. The highest BCUT2D eigenvalue weighted by molar-refractivity contribution is 4.92. The molecule has 3 heteroatoms. The summed E-state index contributed by atoms with van der Waals surface area (Å²) in [5, 5.41) is 8.89. The van der Waals surface area contributed by atoms with Crippen molar-refractivity contribution in [2.24, 2.45) is 5.41 Å². The summed E-state index contributed by atoms with van der Waals surface area (Å²) in [5.74, 6) is 1.15. The summed E-state index contributed by atoms with van der Waals surface area (Å²) in [6.07, 6.45) is 8.07. The SMILES string of the molecule is CCc1nccn1CCCCC(C)(C)C#N. The van der Waals surface area contributed by atoms with Crippen molar-refractivity contribution in [3.63, 3.8) is 0 Å². The molecule has 1 rings (SSSR count). The van der Waals surface area contributed by atoms with Gasteiger partial charge in [-0.2, -0.15) is 5.26 Å². The van der Waals surface area contributed by atoms with Crippen molar-refractivity contribution in [2.45, 2.75) is 53.0 Å². The molecule has 0 unspecified atom stereocenters. The van der Waals surface area contributed by atoms with Crippen LogP contribution in [0.1, 0.15) is 45.9 Å². The number of nitriles is 1. The second-order valence-corrected chi connectivity index (χ2v) is 4.84. The maximum absolute atomic E-state index is 8.89. The molecular weight excluding hydrogens is 198 g/mol. The molecule has 0 bridgehead atoms. The van der Waals surface area contributed by atoms with Gasteiger partial charge in [-0.05, 0) is 26.7 Å². The number of rotatable bonds is 6. The van der Waals surface area contributed by atoms with Crippen molar-refractivity contribution in [2.75, 3.05) is 0 Å². The van der Waals surface area contributed by atoms with Gasteiger partial charge < -0.3 is 4.57 Å². The van der Waals surface area contributed by atoms with E-state index >= 15 is 0 Å². The number of unbranched alkanes of at least 4 members (excludes halogenated alkanes) is 1. The first kappa shape index (κ1) is 12.8. The number of aromatic nitrogens is 2. The van der Waals surface area contributed by atoms with Gasteiger partial charge in [0.05, 0.1) is 11.5 Å². The molecule has 0 amide bonds. The van der Waals surface area contributed by atoms with Crippen molar-refractivity contribution in [1.29, 1.82) is 5.26 Å². The second-order valence-electron chi connectivity index (χ2n) is 4.84. The topological polar surface area (TPSA) is 41.6 Å². The number of nitrogens with zero attached hydrogens (tertiary/aromatic N) is 3. The second kappa shape index (κ2) is 5.69. The van der Waals surface area contributed by atoms with E-state index in [2.05, 4.69) is 22.5 Å². The maximum Gasteiger partial charge on any atom is 0.108 e. The molecule has 1 aromatic rings. The van der Waals surface area contributed by atoms with Crippen LogP contribution in [-0.4, -0.2) is 9.55 Å². The Labute approximate surface area is 98.1 Å². The fourth-order valence-electron chi connectivity index (χ4n) is 1.76. The molecule has 0 spiro atoms. The molecule has 0 saturated carbocycles. The van der Waals surface area contributed by atoms with Crippen molar-refractivity contribution in [3.8, 4) is 6.07 Å². The zero-order valence-electron chi connectivity index (χ0n) is 10.5. The molecule has 0 saturated heterocycles. The van der Waals surface area contributed by atoms with Gasteiger partial charge >= 0.3 is 0 Å². The van der Waals surface area contributed by atoms with E-state index in [1.165, 1.54) is 0 Å². The summed E-state index contributed by atoms with van der Waals surface area (Å²) in [6, 6.07) is 2.34. The van der Waals surface area contributed by atoms with Crippen LogP contribution < -0.4 is 0 Å². The van der Waals surface area contributed by atoms with Gasteiger partial charge in [-0.3, -0.25) is 0 Å². The molecule has 0 fully saturated rings. The van der Waals surface area contributed by atoms with Crippen molar-refractivity contribution in [3.05, 3.63) is 18.2 Å². The van der Waals surface area contributed by atoms with Gasteiger partial charge in [-0.25, -0.2) is 4.98 Å². The zero-order chi connectivity index (χ0) is 12.0. The molecule has 0 aliphatic heterocycles. The Kier molecular flexibility index (Phi) is 4.54. The van der Waals surface area contributed by atoms with Crippen LogP contribution in [0.15, 0.2) is 12.4 Å². The van der Waals surface area contributed by atoms with Crippen LogP contribution in [0.25, 0.3) is 0 Å². The van der Waals surface area contributed by atoms with Gasteiger partial charge in [-0.1, -0.05) is 13.3 Å². The highest BCUT2D eigenvalue weighted by Crippen LogP contribution is 2.21. The van der Waals surface area contributed by atoms with E-state index in [0.29, 0.717) is 0 Å². The molecule has 0 N–H and O–H groups in total. The number of aryl methyl sites for hydroxylation is 2. The molecular formula is C13H21N3. The standard InChI is InChI=1S/C13H21N3/c1-4-12-15-8-10-16(12)9-6-5-7-13(2,3)11-14/h8,10H,4-7,9H2,1-3H3. The summed E-state index contributed by atoms with van der Waals surface area (Å²) in [7, 11) is 0. The molecule has 0 aliphatic rings. The van der Waals surface area contributed by atoms with Gasteiger partial charge in [0.25, 0.3) is 0 Å². The Morgan fingerprint density at radius 2 is 2.19 bits per heavy atom. The minimum absolute atomic E-state index is 0.178. The lowest BCUT2D eigenvalue weighted by Gasteiger charge is -2.14. The monoisotopic (exact) mass is 219 g/mol. The predicted molar refractivity (Wildman–Crippen MR) is 64.9 cm³/mol. The van der Waals surface area contributed by atoms with Crippen LogP contribution in [-0.2, 0) is 13.0 Å². The van der Waals surface area contributed by atoms with Gasteiger partial charge in [0.15, 0.2) is 0 Å². The molecule has 16 heavy (non-hydrogen) atoms. The Balaban J connectivity index is 2.29. The molecule has 0 atom stereocenters. The summed E-state index contributed by atoms with van der Waals surface area (Å²) in [6.45, 7) is 7.14. The molecule has 88 valence electrons. The van der Waals surface area contributed by atoms with Gasteiger partial charge in [0.2, 0.25) is 0 Å². The third-order valence-corrected chi connectivity index (χ3v) is 2.87. The van der Waals surface area contributed by atoms with E-state index in [9.17, 15) is 0 Å². The van der Waals surface area contributed by atoms with E-state index in [1.807, 2.05) is 26.2 Å². The molecule has 1 aromatic heterocycles. The fourth-order valence-corrected chi connectivity index (χ4v) is 1.76. The van der Waals surface area contributed by atoms with E-state index < -0.39 is 0 Å². The molecule has 0 radical (unpaired) electrons. The van der Waals surface area contributed by atoms with E-state index in [4.69, 9.17) is 5.26 Å². The lowest BCUT2D eigenvalue weighted by molar-refractivity contribution is 0.415. The average molecular weight is 219 g/mol. The maximum atomic E-state index is 8.89. The third-order valence-electron chi connectivity index (χ3n) is 2.87. The summed E-state index contributed by atoms with van der Waals surface area (Å²) >= 11 is 0. The first-order valence-electron chi connectivity index (χ1n) is 6.00. The van der Waals surface area contributed by atoms with Crippen molar-refractivity contribution in [1.82, 2.24) is 9.55 Å². The van der Waals surface area contributed by atoms with E-state index in [0.717, 1.165) is 38.1 Å². The van der Waals surface area contributed by atoms with Gasteiger partial charge in [0.1, 0.15) is 5.82 Å². The normalized spacial score (nSPS) is 11.4. The summed E-state index contributed by atoms with van der Waals surface area (Å²) in [4.78, 5) is 4.29. The third kappa shape index (κ3) is 3.69. The first-order valence-corrected chi connectivity index (χ1v) is 6.00. The Bertz CT molecular complexity index is 357. The van der Waals surface area contributed by atoms with Crippen LogP contribution in [0.5, 0.6) is 0 Å².